The number of hydrogen-bond donors (Lipinski definition) is 0. The van der Waals surface area contributed by atoms with Gasteiger partial charge in [0.25, 0.3) is 0 Å². The van der Waals surface area contributed by atoms with Crippen molar-refractivity contribution >= 4 is 5.78 Å². The molecule has 3 rings (SSSR count). The molecular weight excluding hydrogens is 250 g/mol. The molecule has 98 valence electrons. The lowest BCUT2D eigenvalue weighted by atomic mass is 10.1. The van der Waals surface area contributed by atoms with E-state index in [4.69, 9.17) is 0 Å². The van der Waals surface area contributed by atoms with Crippen LogP contribution < -0.4 is 0 Å². The summed E-state index contributed by atoms with van der Waals surface area (Å²) in [6.45, 7) is 1.53. The zero-order valence-corrected chi connectivity index (χ0v) is 11.0. The van der Waals surface area contributed by atoms with Crippen LogP contribution in [0.25, 0.3) is 16.9 Å². The summed E-state index contributed by atoms with van der Waals surface area (Å²) < 4.78 is 1.70. The second-order valence-electron chi connectivity index (χ2n) is 4.50. The zero-order valence-electron chi connectivity index (χ0n) is 11.0. The monoisotopic (exact) mass is 263 g/mol. The number of benzene rings is 1. The van der Waals surface area contributed by atoms with Gasteiger partial charge in [-0.25, -0.2) is 9.67 Å². The normalized spacial score (nSPS) is 10.4. The molecule has 4 heteroatoms. The summed E-state index contributed by atoms with van der Waals surface area (Å²) in [5.41, 5.74) is 2.74. The smallest absolute Gasteiger partial charge is 0.161 e. The summed E-state index contributed by atoms with van der Waals surface area (Å²) in [6.07, 6.45) is 5.29. The topological polar surface area (TPSA) is 47.8 Å². The Morgan fingerprint density at radius 1 is 1.00 bits per heavy atom. The Labute approximate surface area is 116 Å². The highest BCUT2D eigenvalue weighted by atomic mass is 16.1. The number of nitrogens with zero attached hydrogens (tertiary/aromatic N) is 3. The minimum atomic E-state index is 0.00879. The van der Waals surface area contributed by atoms with Gasteiger partial charge in [0.05, 0.1) is 6.20 Å². The molecule has 0 radical (unpaired) electrons. The van der Waals surface area contributed by atoms with Crippen molar-refractivity contribution < 1.29 is 4.79 Å². The van der Waals surface area contributed by atoms with E-state index in [9.17, 15) is 4.79 Å². The Balaban J connectivity index is 1.92. The summed E-state index contributed by atoms with van der Waals surface area (Å²) >= 11 is 0. The minimum Gasteiger partial charge on any atom is -0.294 e. The van der Waals surface area contributed by atoms with Gasteiger partial charge in [0, 0.05) is 23.5 Å². The average molecular weight is 263 g/mol. The van der Waals surface area contributed by atoms with Gasteiger partial charge in [0.15, 0.2) is 11.6 Å². The van der Waals surface area contributed by atoms with E-state index in [0.29, 0.717) is 11.4 Å². The van der Waals surface area contributed by atoms with Crippen molar-refractivity contribution in [3.8, 4) is 16.9 Å². The molecular formula is C16H13N3O. The maximum absolute atomic E-state index is 11.2. The molecule has 0 N–H and O–H groups in total. The molecule has 20 heavy (non-hydrogen) atoms. The lowest BCUT2D eigenvalue weighted by molar-refractivity contribution is 0.101. The number of ketones is 1. The predicted octanol–water partition coefficient (Wildman–Crippen LogP) is 3.14. The Morgan fingerprint density at radius 3 is 2.45 bits per heavy atom. The SMILES string of the molecule is CC(=O)c1ccc(-n2cc(-c3ccccc3)cn2)nc1. The fraction of sp³-hybridized carbons (Fsp3) is 0.0625. The molecule has 0 atom stereocenters. The third-order valence-corrected chi connectivity index (χ3v) is 3.08. The first-order valence-electron chi connectivity index (χ1n) is 6.31. The van der Waals surface area contributed by atoms with Gasteiger partial charge in [-0.3, -0.25) is 4.79 Å². The van der Waals surface area contributed by atoms with Crippen LogP contribution in [0.2, 0.25) is 0 Å². The average Bonchev–Trinajstić information content (AvgIpc) is 2.98. The van der Waals surface area contributed by atoms with Gasteiger partial charge in [-0.15, -0.1) is 0 Å². The highest BCUT2D eigenvalue weighted by Gasteiger charge is 2.05. The van der Waals surface area contributed by atoms with E-state index >= 15 is 0 Å². The highest BCUT2D eigenvalue weighted by molar-refractivity contribution is 5.93. The van der Waals surface area contributed by atoms with Gasteiger partial charge in [-0.1, -0.05) is 30.3 Å². The summed E-state index contributed by atoms with van der Waals surface area (Å²) in [7, 11) is 0. The van der Waals surface area contributed by atoms with Crippen LogP contribution in [0.3, 0.4) is 0 Å². The van der Waals surface area contributed by atoms with Crippen molar-refractivity contribution in [1.29, 1.82) is 0 Å². The molecule has 0 amide bonds. The van der Waals surface area contributed by atoms with Gasteiger partial charge < -0.3 is 0 Å². The van der Waals surface area contributed by atoms with Crippen molar-refractivity contribution in [3.05, 3.63) is 66.6 Å². The fourth-order valence-electron chi connectivity index (χ4n) is 1.96. The summed E-state index contributed by atoms with van der Waals surface area (Å²) in [4.78, 5) is 15.5. The quantitative estimate of drug-likeness (QED) is 0.682. The van der Waals surface area contributed by atoms with Crippen LogP contribution in [0.5, 0.6) is 0 Å². The van der Waals surface area contributed by atoms with E-state index in [0.717, 1.165) is 11.1 Å². The maximum Gasteiger partial charge on any atom is 0.161 e. The number of hydrogen-bond acceptors (Lipinski definition) is 3. The van der Waals surface area contributed by atoms with E-state index in [1.165, 1.54) is 6.92 Å². The number of pyridine rings is 1. The Kier molecular flexibility index (Phi) is 3.13. The predicted molar refractivity (Wildman–Crippen MR) is 76.8 cm³/mol. The molecule has 2 aromatic heterocycles. The third-order valence-electron chi connectivity index (χ3n) is 3.08. The Hall–Kier alpha value is -2.75. The van der Waals surface area contributed by atoms with Gasteiger partial charge in [0.1, 0.15) is 0 Å². The molecule has 0 bridgehead atoms. The molecule has 1 aromatic carbocycles. The summed E-state index contributed by atoms with van der Waals surface area (Å²) in [5, 5.41) is 4.31. The molecule has 0 unspecified atom stereocenters. The van der Waals surface area contributed by atoms with Gasteiger partial charge in [-0.2, -0.15) is 5.10 Å². The summed E-state index contributed by atoms with van der Waals surface area (Å²) in [6, 6.07) is 13.6. The van der Waals surface area contributed by atoms with E-state index < -0.39 is 0 Å². The van der Waals surface area contributed by atoms with E-state index in [1.807, 2.05) is 36.5 Å². The van der Waals surface area contributed by atoms with E-state index in [2.05, 4.69) is 10.1 Å². The van der Waals surface area contributed by atoms with Crippen molar-refractivity contribution in [3.63, 3.8) is 0 Å². The number of aromatic nitrogens is 3. The maximum atomic E-state index is 11.2. The van der Waals surface area contributed by atoms with Crippen LogP contribution in [0.1, 0.15) is 17.3 Å². The van der Waals surface area contributed by atoms with Crippen molar-refractivity contribution in [2.75, 3.05) is 0 Å². The van der Waals surface area contributed by atoms with Crippen LogP contribution in [-0.2, 0) is 0 Å². The minimum absolute atomic E-state index is 0.00879. The van der Waals surface area contributed by atoms with E-state index in [1.54, 1.807) is 29.2 Å². The van der Waals surface area contributed by atoms with Crippen LogP contribution in [0.15, 0.2) is 61.1 Å². The first-order valence-corrected chi connectivity index (χ1v) is 6.31. The molecule has 0 fully saturated rings. The number of Topliss-reactive ketones (excluding diaryl/α,β-unsaturated/α-hetero) is 1. The van der Waals surface area contributed by atoms with Gasteiger partial charge in [-0.05, 0) is 24.6 Å². The van der Waals surface area contributed by atoms with Crippen LogP contribution in [-0.4, -0.2) is 20.5 Å². The molecule has 0 saturated carbocycles. The lowest BCUT2D eigenvalue weighted by Gasteiger charge is -2.01. The Bertz CT molecular complexity index is 730. The zero-order chi connectivity index (χ0) is 13.9. The molecule has 4 nitrogen and oxygen atoms in total. The van der Waals surface area contributed by atoms with Crippen LogP contribution in [0, 0.1) is 0 Å². The largest absolute Gasteiger partial charge is 0.294 e. The molecule has 0 saturated heterocycles. The number of rotatable bonds is 3. The highest BCUT2D eigenvalue weighted by Crippen LogP contribution is 2.19. The second kappa shape index (κ2) is 5.09. The third kappa shape index (κ3) is 2.36. The Morgan fingerprint density at radius 2 is 1.80 bits per heavy atom. The number of carbonyl (C=O) groups excluding carboxylic acids is 1. The van der Waals surface area contributed by atoms with Crippen LogP contribution >= 0.6 is 0 Å². The van der Waals surface area contributed by atoms with Crippen molar-refractivity contribution in [2.45, 2.75) is 6.92 Å². The van der Waals surface area contributed by atoms with Crippen LogP contribution in [0.4, 0.5) is 0 Å². The number of carbonyl (C=O) groups is 1. The van der Waals surface area contributed by atoms with Gasteiger partial charge >= 0.3 is 0 Å². The second-order valence-corrected chi connectivity index (χ2v) is 4.50. The standard InChI is InChI=1S/C16H13N3O/c1-12(20)14-7-8-16(17-9-14)19-11-15(10-18-19)13-5-3-2-4-6-13/h2-11H,1H3. The molecule has 0 spiro atoms. The molecule has 2 heterocycles. The van der Waals surface area contributed by atoms with Crippen molar-refractivity contribution in [2.24, 2.45) is 0 Å². The lowest BCUT2D eigenvalue weighted by Crippen LogP contribution is -2.00. The molecule has 0 aliphatic heterocycles. The first-order chi connectivity index (χ1) is 9.74. The fourth-order valence-corrected chi connectivity index (χ4v) is 1.96. The van der Waals surface area contributed by atoms with Gasteiger partial charge in [0.2, 0.25) is 0 Å². The molecule has 0 aliphatic rings. The van der Waals surface area contributed by atoms with Crippen molar-refractivity contribution in [1.82, 2.24) is 14.8 Å². The first kappa shape index (κ1) is 12.3. The molecule has 3 aromatic rings. The molecule has 0 aliphatic carbocycles. The summed E-state index contributed by atoms with van der Waals surface area (Å²) in [5.74, 6) is 0.701. The van der Waals surface area contributed by atoms with E-state index in [-0.39, 0.29) is 5.78 Å².